The fourth-order valence-electron chi connectivity index (χ4n) is 10.9. The molecule has 0 aromatic rings. The van der Waals surface area contributed by atoms with Crippen molar-refractivity contribution in [2.45, 2.75) is 150 Å². The molecule has 0 saturated heterocycles. The number of rotatable bonds is 20. The fraction of sp³-hybridized carbons (Fsp3) is 0.902. The van der Waals surface area contributed by atoms with Crippen LogP contribution in [0.3, 0.4) is 0 Å². The van der Waals surface area contributed by atoms with Crippen molar-refractivity contribution in [2.24, 2.45) is 57.8 Å². The molecule has 0 spiro atoms. The lowest BCUT2D eigenvalue weighted by Crippen LogP contribution is -2.51. The van der Waals surface area contributed by atoms with E-state index in [1.165, 1.54) is 51.4 Å². The van der Waals surface area contributed by atoms with E-state index in [9.17, 15) is 9.59 Å². The van der Waals surface area contributed by atoms with Crippen LogP contribution >= 0.6 is 0 Å². The average molecular weight is 671 g/mol. The van der Waals surface area contributed by atoms with Gasteiger partial charge >= 0.3 is 5.97 Å². The summed E-state index contributed by atoms with van der Waals surface area (Å²) in [5.74, 6) is 4.80. The molecule has 0 aromatic carbocycles. The summed E-state index contributed by atoms with van der Waals surface area (Å²) in [6.07, 6.45) is 20.5. The molecule has 0 aliphatic heterocycles. The molecule has 3 fully saturated rings. The second-order valence-corrected chi connectivity index (χ2v) is 17.3. The first-order valence-corrected chi connectivity index (χ1v) is 20.3. The standard InChI is InChI=1S/C41H74N4O3/c1-30(2)11-8-12-31(3)35-15-16-36-34-14-13-32-29-33(19-21-40(32,4)37(34)20-22-41(35,36)5)48-39(47)18-17-38(46)45(28-10-24-43)27-7-6-25-44-26-9-23-42/h13,30-31,33-37,44H,6-12,14-29,42-43H2,1-5H3/t31-,33+,34?,35-,36+,37+,40+,41-/m1/s1. The van der Waals surface area contributed by atoms with E-state index in [1.807, 2.05) is 4.90 Å². The third-order valence-corrected chi connectivity index (χ3v) is 13.7. The number of hydrogen-bond acceptors (Lipinski definition) is 6. The summed E-state index contributed by atoms with van der Waals surface area (Å²) >= 11 is 0. The Morgan fingerprint density at radius 2 is 1.65 bits per heavy atom. The van der Waals surface area contributed by atoms with Crippen LogP contribution in [0.1, 0.15) is 144 Å². The lowest BCUT2D eigenvalue weighted by atomic mass is 9.47. The zero-order chi connectivity index (χ0) is 34.7. The van der Waals surface area contributed by atoms with Gasteiger partial charge in [0.05, 0.1) is 6.42 Å². The highest BCUT2D eigenvalue weighted by Crippen LogP contribution is 2.67. The number of carbonyl (C=O) groups is 2. The predicted octanol–water partition coefficient (Wildman–Crippen LogP) is 7.62. The van der Waals surface area contributed by atoms with E-state index in [0.717, 1.165) is 93.5 Å². The Hall–Kier alpha value is -1.44. The summed E-state index contributed by atoms with van der Waals surface area (Å²) in [5, 5.41) is 3.40. The molecule has 3 saturated carbocycles. The van der Waals surface area contributed by atoms with Gasteiger partial charge in [-0.15, -0.1) is 0 Å². The molecule has 5 N–H and O–H groups in total. The summed E-state index contributed by atoms with van der Waals surface area (Å²) in [6.45, 7) is 17.0. The number of nitrogens with two attached hydrogens (primary N) is 2. The summed E-state index contributed by atoms with van der Waals surface area (Å²) in [6, 6.07) is 0. The minimum Gasteiger partial charge on any atom is -0.462 e. The van der Waals surface area contributed by atoms with Crippen molar-refractivity contribution >= 4 is 11.9 Å². The summed E-state index contributed by atoms with van der Waals surface area (Å²) < 4.78 is 6.06. The van der Waals surface area contributed by atoms with Gasteiger partial charge in [0, 0.05) is 25.9 Å². The van der Waals surface area contributed by atoms with Crippen LogP contribution < -0.4 is 16.8 Å². The van der Waals surface area contributed by atoms with Gasteiger partial charge < -0.3 is 26.4 Å². The molecule has 4 aliphatic rings. The Morgan fingerprint density at radius 1 is 0.896 bits per heavy atom. The number of unbranched alkanes of at least 4 members (excludes halogenated alkanes) is 1. The van der Waals surface area contributed by atoms with Crippen LogP contribution in [0.5, 0.6) is 0 Å². The Morgan fingerprint density at radius 3 is 2.40 bits per heavy atom. The van der Waals surface area contributed by atoms with Crippen molar-refractivity contribution in [1.82, 2.24) is 10.2 Å². The number of allylic oxidation sites excluding steroid dienone is 1. The minimum atomic E-state index is -0.220. The topological polar surface area (TPSA) is 111 Å². The smallest absolute Gasteiger partial charge is 0.306 e. The first kappa shape index (κ1) is 39.3. The second kappa shape index (κ2) is 18.7. The van der Waals surface area contributed by atoms with Crippen LogP contribution in [0.2, 0.25) is 0 Å². The van der Waals surface area contributed by atoms with Gasteiger partial charge in [0.15, 0.2) is 0 Å². The number of amides is 1. The number of ether oxygens (including phenoxy) is 1. The monoisotopic (exact) mass is 671 g/mol. The maximum atomic E-state index is 13.1. The first-order chi connectivity index (χ1) is 23.0. The molecule has 7 heteroatoms. The van der Waals surface area contributed by atoms with Crippen molar-refractivity contribution < 1.29 is 14.3 Å². The van der Waals surface area contributed by atoms with E-state index in [2.05, 4.69) is 46.0 Å². The molecule has 276 valence electrons. The molecule has 48 heavy (non-hydrogen) atoms. The normalized spacial score (nSPS) is 31.8. The van der Waals surface area contributed by atoms with E-state index in [-0.39, 0.29) is 36.2 Å². The number of esters is 1. The van der Waals surface area contributed by atoms with Crippen LogP contribution in [0.15, 0.2) is 11.6 Å². The van der Waals surface area contributed by atoms with E-state index < -0.39 is 0 Å². The Bertz CT molecular complexity index is 1050. The zero-order valence-corrected chi connectivity index (χ0v) is 31.7. The van der Waals surface area contributed by atoms with Crippen LogP contribution in [0.25, 0.3) is 0 Å². The van der Waals surface area contributed by atoms with Gasteiger partial charge in [0.25, 0.3) is 0 Å². The molecule has 7 nitrogen and oxygen atoms in total. The number of fused-ring (bicyclic) bond motifs is 5. The third kappa shape index (κ3) is 9.87. The lowest BCUT2D eigenvalue weighted by molar-refractivity contribution is -0.153. The molecule has 1 unspecified atom stereocenters. The SMILES string of the molecule is CC(C)CCC[C@@H](C)[C@H]1CC[C@H]2C3CC=C4C[C@@H](OC(=O)CCC(=O)N(CCCN)CCCCNCCCN)CC[C@]4(C)[C@H]3CC[C@]12C. The highest BCUT2D eigenvalue weighted by molar-refractivity contribution is 5.81. The Labute approximate surface area is 294 Å². The largest absolute Gasteiger partial charge is 0.462 e. The Kier molecular flexibility index (Phi) is 15.3. The van der Waals surface area contributed by atoms with Crippen LogP contribution in [-0.2, 0) is 14.3 Å². The molecule has 4 aliphatic carbocycles. The molecule has 8 atom stereocenters. The van der Waals surface area contributed by atoms with Crippen molar-refractivity contribution in [3.8, 4) is 0 Å². The van der Waals surface area contributed by atoms with Crippen molar-refractivity contribution in [2.75, 3.05) is 39.3 Å². The average Bonchev–Trinajstić information content (AvgIpc) is 3.42. The van der Waals surface area contributed by atoms with Gasteiger partial charge in [-0.3, -0.25) is 9.59 Å². The fourth-order valence-corrected chi connectivity index (χ4v) is 10.9. The van der Waals surface area contributed by atoms with Gasteiger partial charge in [-0.05, 0) is 143 Å². The zero-order valence-electron chi connectivity index (χ0n) is 31.7. The molecule has 4 rings (SSSR count). The van der Waals surface area contributed by atoms with E-state index in [0.29, 0.717) is 31.6 Å². The second-order valence-electron chi connectivity index (χ2n) is 17.3. The van der Waals surface area contributed by atoms with E-state index in [1.54, 1.807) is 5.57 Å². The molecule has 0 radical (unpaired) electrons. The summed E-state index contributed by atoms with van der Waals surface area (Å²) in [5.41, 5.74) is 13.6. The quantitative estimate of drug-likeness (QED) is 0.0699. The lowest BCUT2D eigenvalue weighted by Gasteiger charge is -2.58. The highest BCUT2D eigenvalue weighted by Gasteiger charge is 2.59. The molecule has 0 heterocycles. The van der Waals surface area contributed by atoms with E-state index >= 15 is 0 Å². The van der Waals surface area contributed by atoms with Gasteiger partial charge in [-0.25, -0.2) is 0 Å². The molecule has 1 amide bonds. The molecule has 0 aromatic heterocycles. The third-order valence-electron chi connectivity index (χ3n) is 13.7. The van der Waals surface area contributed by atoms with Crippen molar-refractivity contribution in [3.63, 3.8) is 0 Å². The summed E-state index contributed by atoms with van der Waals surface area (Å²) in [7, 11) is 0. The van der Waals surface area contributed by atoms with Gasteiger partial charge in [0.2, 0.25) is 5.91 Å². The van der Waals surface area contributed by atoms with Crippen molar-refractivity contribution in [3.05, 3.63) is 11.6 Å². The van der Waals surface area contributed by atoms with Gasteiger partial charge in [0.1, 0.15) is 6.10 Å². The molecular formula is C41H74N4O3. The predicted molar refractivity (Wildman–Crippen MR) is 198 cm³/mol. The van der Waals surface area contributed by atoms with Crippen LogP contribution in [0, 0.1) is 46.3 Å². The Balaban J connectivity index is 1.25. The van der Waals surface area contributed by atoms with Crippen LogP contribution in [-0.4, -0.2) is 62.1 Å². The number of nitrogens with one attached hydrogen (secondary N) is 1. The van der Waals surface area contributed by atoms with Gasteiger partial charge in [-0.1, -0.05) is 65.5 Å². The van der Waals surface area contributed by atoms with Gasteiger partial charge in [-0.2, -0.15) is 0 Å². The number of carbonyl (C=O) groups excluding carboxylic acids is 2. The van der Waals surface area contributed by atoms with Crippen molar-refractivity contribution in [1.29, 1.82) is 0 Å². The highest BCUT2D eigenvalue weighted by atomic mass is 16.5. The summed E-state index contributed by atoms with van der Waals surface area (Å²) in [4.78, 5) is 28.0. The number of hydrogen-bond donors (Lipinski definition) is 3. The molecule has 0 bridgehead atoms. The minimum absolute atomic E-state index is 0.0390. The first-order valence-electron chi connectivity index (χ1n) is 20.3. The van der Waals surface area contributed by atoms with E-state index in [4.69, 9.17) is 16.2 Å². The maximum Gasteiger partial charge on any atom is 0.306 e. The van der Waals surface area contributed by atoms with Crippen LogP contribution in [0.4, 0.5) is 0 Å². The number of nitrogens with zero attached hydrogens (tertiary/aromatic N) is 1. The maximum absolute atomic E-state index is 13.1. The molecular weight excluding hydrogens is 596 g/mol.